The van der Waals surface area contributed by atoms with Gasteiger partial charge in [-0.1, -0.05) is 72.6 Å². The minimum Gasteiger partial charge on any atom is -0.370 e. The van der Waals surface area contributed by atoms with Crippen molar-refractivity contribution in [2.75, 3.05) is 6.54 Å². The molecule has 1 aliphatic heterocycles. The highest BCUT2D eigenvalue weighted by atomic mass is 35.5. The van der Waals surface area contributed by atoms with Crippen LogP contribution in [0.25, 0.3) is 0 Å². The number of carbonyl (C=O) groups excluding carboxylic acids is 2. The largest absolute Gasteiger partial charge is 0.370 e. The normalized spacial score (nSPS) is 22.3. The maximum Gasteiger partial charge on any atom is 0.253 e. The number of carbonyl (C=O) groups is 2. The number of hydrogen-bond acceptors (Lipinski definition) is 5. The lowest BCUT2D eigenvalue weighted by Gasteiger charge is -2.48. The molecule has 0 bridgehead atoms. The van der Waals surface area contributed by atoms with Crippen LogP contribution in [0.3, 0.4) is 0 Å². The van der Waals surface area contributed by atoms with Gasteiger partial charge < -0.3 is 15.4 Å². The van der Waals surface area contributed by atoms with Gasteiger partial charge in [0.25, 0.3) is 5.91 Å². The Kier molecular flexibility index (Phi) is 9.15. The van der Waals surface area contributed by atoms with Crippen LogP contribution < -0.4 is 10.5 Å². The maximum absolute atomic E-state index is 14.7. The van der Waals surface area contributed by atoms with Crippen LogP contribution in [0.1, 0.15) is 61.4 Å². The van der Waals surface area contributed by atoms with Crippen molar-refractivity contribution >= 4 is 45.0 Å². The minimum atomic E-state index is -4.05. The molecule has 3 aromatic carbocycles. The Morgan fingerprint density at radius 1 is 1.07 bits per heavy atom. The molecule has 5 rings (SSSR count). The van der Waals surface area contributed by atoms with Crippen LogP contribution in [0.5, 0.6) is 0 Å². The molecule has 2 fully saturated rings. The average Bonchev–Trinajstić information content (AvgIpc) is 3.78. The first-order valence-corrected chi connectivity index (χ1v) is 16.2. The molecule has 43 heavy (non-hydrogen) atoms. The molecule has 3 aromatic rings. The summed E-state index contributed by atoms with van der Waals surface area (Å²) in [6.07, 6.45) is -1.43. The number of amides is 2. The Hall–Kier alpha value is -3.02. The number of rotatable bonds is 11. The predicted molar refractivity (Wildman–Crippen MR) is 162 cm³/mol. The van der Waals surface area contributed by atoms with Crippen LogP contribution >= 0.6 is 23.2 Å². The third-order valence-corrected chi connectivity index (χ3v) is 10.9. The van der Waals surface area contributed by atoms with Crippen LogP contribution in [0.15, 0.2) is 72.8 Å². The molecule has 0 aromatic heterocycles. The number of nitrogens with one attached hydrogen (secondary N) is 1. The molecule has 228 valence electrons. The van der Waals surface area contributed by atoms with E-state index in [1.54, 1.807) is 53.4 Å². The number of ether oxygens (including phenoxy) is 1. The SMILES string of the molecule is CC[C@@H](CNS(=O)(=O)C1(c2ccccc2F)CC1)N1C(=O)[C@H](CC(N)=O)O[C@H](c2cccc(Cl)c2)[C@H]1c1ccc(Cl)cc1. The van der Waals surface area contributed by atoms with E-state index in [0.29, 0.717) is 27.6 Å². The van der Waals surface area contributed by atoms with Crippen LogP contribution in [-0.2, 0) is 29.1 Å². The van der Waals surface area contributed by atoms with Crippen molar-refractivity contribution in [3.05, 3.63) is 105 Å². The molecule has 0 radical (unpaired) electrons. The second-order valence-electron chi connectivity index (χ2n) is 10.9. The highest BCUT2D eigenvalue weighted by Crippen LogP contribution is 2.53. The third-order valence-electron chi connectivity index (χ3n) is 8.16. The van der Waals surface area contributed by atoms with Crippen LogP contribution in [-0.4, -0.2) is 43.8 Å². The van der Waals surface area contributed by atoms with Gasteiger partial charge >= 0.3 is 0 Å². The molecular weight excluding hydrogens is 616 g/mol. The second-order valence-corrected chi connectivity index (χ2v) is 13.9. The van der Waals surface area contributed by atoms with E-state index >= 15 is 0 Å². The Balaban J connectivity index is 1.54. The number of hydrogen-bond donors (Lipinski definition) is 2. The Labute approximate surface area is 260 Å². The lowest BCUT2D eigenvalue weighted by atomic mass is 9.89. The minimum absolute atomic E-state index is 0.125. The monoisotopic (exact) mass is 647 g/mol. The smallest absolute Gasteiger partial charge is 0.253 e. The summed E-state index contributed by atoms with van der Waals surface area (Å²) < 4.78 is 49.7. The van der Waals surface area contributed by atoms with E-state index in [2.05, 4.69) is 4.72 Å². The van der Waals surface area contributed by atoms with Gasteiger partial charge in [0.2, 0.25) is 15.9 Å². The number of halogens is 3. The fourth-order valence-electron chi connectivity index (χ4n) is 5.83. The zero-order chi connectivity index (χ0) is 30.9. The second kappa shape index (κ2) is 12.5. The van der Waals surface area contributed by atoms with E-state index in [1.165, 1.54) is 18.2 Å². The van der Waals surface area contributed by atoms with Crippen LogP contribution in [0.4, 0.5) is 4.39 Å². The molecule has 1 heterocycles. The first kappa shape index (κ1) is 31.4. The van der Waals surface area contributed by atoms with E-state index in [1.807, 2.05) is 13.0 Å². The fourth-order valence-corrected chi connectivity index (χ4v) is 7.94. The lowest BCUT2D eigenvalue weighted by molar-refractivity contribution is -0.181. The molecule has 12 heteroatoms. The molecule has 8 nitrogen and oxygen atoms in total. The van der Waals surface area contributed by atoms with E-state index in [0.717, 1.165) is 0 Å². The van der Waals surface area contributed by atoms with Gasteiger partial charge in [-0.05, 0) is 60.7 Å². The molecule has 2 amide bonds. The van der Waals surface area contributed by atoms with Gasteiger partial charge in [-0.2, -0.15) is 0 Å². The van der Waals surface area contributed by atoms with Crippen molar-refractivity contribution in [1.29, 1.82) is 0 Å². The average molecular weight is 649 g/mol. The number of nitrogens with two attached hydrogens (primary N) is 1. The first-order valence-electron chi connectivity index (χ1n) is 14.0. The molecular formula is C31H32Cl2FN3O5S. The van der Waals surface area contributed by atoms with Crippen LogP contribution in [0.2, 0.25) is 10.0 Å². The lowest BCUT2D eigenvalue weighted by Crippen LogP contribution is -2.58. The van der Waals surface area contributed by atoms with Crippen molar-refractivity contribution in [3.8, 4) is 0 Å². The third kappa shape index (κ3) is 6.30. The molecule has 1 saturated heterocycles. The quantitative estimate of drug-likeness (QED) is 0.289. The summed E-state index contributed by atoms with van der Waals surface area (Å²) in [5, 5.41) is 0.945. The fraction of sp³-hybridized carbons (Fsp3) is 0.355. The van der Waals surface area contributed by atoms with E-state index in [4.69, 9.17) is 33.7 Å². The molecule has 4 atom stereocenters. The summed E-state index contributed by atoms with van der Waals surface area (Å²) in [7, 11) is -4.05. The number of primary amides is 1. The van der Waals surface area contributed by atoms with Gasteiger partial charge in [0, 0.05) is 28.2 Å². The molecule has 3 N–H and O–H groups in total. The van der Waals surface area contributed by atoms with Crippen molar-refractivity contribution < 1.29 is 27.1 Å². The zero-order valence-corrected chi connectivity index (χ0v) is 25.7. The van der Waals surface area contributed by atoms with Gasteiger partial charge in [0.15, 0.2) is 0 Å². The van der Waals surface area contributed by atoms with Gasteiger partial charge in [0.1, 0.15) is 22.8 Å². The maximum atomic E-state index is 14.7. The first-order chi connectivity index (χ1) is 20.5. The van der Waals surface area contributed by atoms with Crippen molar-refractivity contribution in [1.82, 2.24) is 9.62 Å². The van der Waals surface area contributed by atoms with E-state index in [9.17, 15) is 22.4 Å². The Morgan fingerprint density at radius 2 is 1.77 bits per heavy atom. The standard InChI is InChI=1S/C31H32Cl2FN3O5S/c1-2-23(18-36-43(40,41)31(14-15-31)24-8-3-4-9-25(24)34)37-28(19-10-12-21(32)13-11-19)29(20-6-5-7-22(33)16-20)42-26(30(37)39)17-27(35)38/h3-13,16,23,26,28-29,36H,2,14-15,17-18H2,1H3,(H2,35,38)/t23-,26-,28+,29+/m0/s1. The molecule has 2 aliphatic rings. The number of benzene rings is 3. The van der Waals surface area contributed by atoms with E-state index < -0.39 is 56.7 Å². The molecule has 0 spiro atoms. The van der Waals surface area contributed by atoms with Gasteiger partial charge in [0.05, 0.1) is 12.5 Å². The number of morpholine rings is 1. The number of sulfonamides is 1. The molecule has 1 aliphatic carbocycles. The van der Waals surface area contributed by atoms with Gasteiger partial charge in [-0.3, -0.25) is 9.59 Å². The summed E-state index contributed by atoms with van der Waals surface area (Å²) in [6, 6.07) is 18.4. The summed E-state index contributed by atoms with van der Waals surface area (Å²) in [6.45, 7) is 1.69. The summed E-state index contributed by atoms with van der Waals surface area (Å²) >= 11 is 12.5. The van der Waals surface area contributed by atoms with Crippen molar-refractivity contribution in [2.24, 2.45) is 5.73 Å². The number of nitrogens with zero attached hydrogens (tertiary/aromatic N) is 1. The summed E-state index contributed by atoms with van der Waals surface area (Å²) in [5.41, 5.74) is 6.97. The van der Waals surface area contributed by atoms with Gasteiger partial charge in [-0.25, -0.2) is 17.5 Å². The van der Waals surface area contributed by atoms with Crippen LogP contribution in [0, 0.1) is 5.82 Å². The highest BCUT2D eigenvalue weighted by molar-refractivity contribution is 7.90. The summed E-state index contributed by atoms with van der Waals surface area (Å²) in [4.78, 5) is 27.6. The molecule has 1 saturated carbocycles. The topological polar surface area (TPSA) is 119 Å². The van der Waals surface area contributed by atoms with Gasteiger partial charge in [-0.15, -0.1) is 0 Å². The molecule has 0 unspecified atom stereocenters. The van der Waals surface area contributed by atoms with E-state index in [-0.39, 0.29) is 31.4 Å². The Bertz CT molecular complexity index is 1620. The summed E-state index contributed by atoms with van der Waals surface area (Å²) in [5.74, 6) is -1.80. The zero-order valence-electron chi connectivity index (χ0n) is 23.4. The Morgan fingerprint density at radius 3 is 2.37 bits per heavy atom. The predicted octanol–water partition coefficient (Wildman–Crippen LogP) is 5.41. The highest BCUT2D eigenvalue weighted by Gasteiger charge is 2.57. The van der Waals surface area contributed by atoms with Crippen molar-refractivity contribution in [2.45, 2.75) is 61.6 Å². The van der Waals surface area contributed by atoms with Crippen molar-refractivity contribution in [3.63, 3.8) is 0 Å².